The normalized spacial score (nSPS) is 11.9. The second-order valence-corrected chi connectivity index (χ2v) is 6.15. The number of fused-ring (bicyclic) bond motifs is 1. The number of hydrogen-bond acceptors (Lipinski definition) is 4. The Morgan fingerprint density at radius 3 is 2.55 bits per heavy atom. The molecule has 0 N–H and O–H groups in total. The molecule has 20 heavy (non-hydrogen) atoms. The lowest BCUT2D eigenvalue weighted by atomic mass is 10.2. The van der Waals surface area contributed by atoms with Gasteiger partial charge in [0.05, 0.1) is 11.1 Å². The molecule has 1 aromatic carbocycles. The van der Waals surface area contributed by atoms with Crippen molar-refractivity contribution in [3.63, 3.8) is 0 Å². The van der Waals surface area contributed by atoms with Crippen molar-refractivity contribution >= 4 is 21.2 Å². The van der Waals surface area contributed by atoms with Crippen molar-refractivity contribution in [3.8, 4) is 0 Å². The summed E-state index contributed by atoms with van der Waals surface area (Å²) in [6.45, 7) is 1.87. The van der Waals surface area contributed by atoms with Gasteiger partial charge in [0.15, 0.2) is 5.65 Å². The number of aryl methyl sites for hydroxylation is 1. The lowest BCUT2D eigenvalue weighted by Gasteiger charge is -2.06. The molecule has 0 spiro atoms. The van der Waals surface area contributed by atoms with E-state index in [9.17, 15) is 12.8 Å². The van der Waals surface area contributed by atoms with Crippen LogP contribution in [0, 0.1) is 12.9 Å². The maximum Gasteiger partial charge on any atom is 0.269 e. The van der Waals surface area contributed by atoms with E-state index in [-0.39, 0.29) is 16.1 Å². The summed E-state index contributed by atoms with van der Waals surface area (Å²) in [6.07, 6.45) is 2.21. The summed E-state index contributed by atoms with van der Waals surface area (Å²) >= 11 is 0. The van der Waals surface area contributed by atoms with Crippen molar-refractivity contribution in [2.45, 2.75) is 11.8 Å². The van der Waals surface area contributed by atoms with Crippen LogP contribution in [-0.4, -0.2) is 22.4 Å². The lowest BCUT2D eigenvalue weighted by Crippen LogP contribution is -2.12. The molecule has 0 saturated heterocycles. The molecule has 0 aliphatic heterocycles. The molecular weight excluding hydrogens is 281 g/mol. The molecule has 0 aliphatic rings. The van der Waals surface area contributed by atoms with Crippen LogP contribution in [-0.2, 0) is 10.0 Å². The number of hydrogen-bond donors (Lipinski definition) is 0. The molecule has 0 radical (unpaired) electrons. The Morgan fingerprint density at radius 2 is 1.85 bits per heavy atom. The summed E-state index contributed by atoms with van der Waals surface area (Å²) < 4.78 is 39.0. The van der Waals surface area contributed by atoms with Crippen molar-refractivity contribution < 1.29 is 12.8 Å². The van der Waals surface area contributed by atoms with E-state index < -0.39 is 16.0 Å². The van der Waals surface area contributed by atoms with Crippen molar-refractivity contribution in [2.75, 3.05) is 0 Å². The topological polar surface area (TPSA) is 64.8 Å². The SMILES string of the molecule is Cc1ccc(S(=O)(=O)n2ccc3nc(F)cnc32)cc1. The van der Waals surface area contributed by atoms with E-state index in [2.05, 4.69) is 9.97 Å². The maximum absolute atomic E-state index is 13.0. The van der Waals surface area contributed by atoms with E-state index in [1.165, 1.54) is 24.4 Å². The van der Waals surface area contributed by atoms with E-state index >= 15 is 0 Å². The summed E-state index contributed by atoms with van der Waals surface area (Å²) in [6, 6.07) is 7.88. The predicted molar refractivity (Wildman–Crippen MR) is 71.2 cm³/mol. The van der Waals surface area contributed by atoms with Crippen molar-refractivity contribution in [1.82, 2.24) is 13.9 Å². The fourth-order valence-corrected chi connectivity index (χ4v) is 3.18. The molecule has 5 nitrogen and oxygen atoms in total. The summed E-state index contributed by atoms with van der Waals surface area (Å²) in [5.41, 5.74) is 1.26. The van der Waals surface area contributed by atoms with E-state index in [4.69, 9.17) is 0 Å². The van der Waals surface area contributed by atoms with Crippen molar-refractivity contribution in [2.24, 2.45) is 0 Å². The highest BCUT2D eigenvalue weighted by Gasteiger charge is 2.20. The summed E-state index contributed by atoms with van der Waals surface area (Å²) in [4.78, 5) is 7.54. The molecule has 0 saturated carbocycles. The van der Waals surface area contributed by atoms with Crippen LogP contribution in [0.1, 0.15) is 5.56 Å². The molecule has 3 rings (SSSR count). The van der Waals surface area contributed by atoms with E-state index in [1.807, 2.05) is 6.92 Å². The molecule has 0 unspecified atom stereocenters. The lowest BCUT2D eigenvalue weighted by molar-refractivity contribution is 0.580. The average Bonchev–Trinajstić information content (AvgIpc) is 2.82. The standard InChI is InChI=1S/C13H10FN3O2S/c1-9-2-4-10(5-3-9)20(18,19)17-7-6-11-13(17)15-8-12(14)16-11/h2-8H,1H3. The van der Waals surface area contributed by atoms with Crippen LogP contribution in [0.5, 0.6) is 0 Å². The van der Waals surface area contributed by atoms with Crippen molar-refractivity contribution in [3.05, 3.63) is 54.2 Å². The van der Waals surface area contributed by atoms with Gasteiger partial charge in [-0.3, -0.25) is 0 Å². The third kappa shape index (κ3) is 1.96. The van der Waals surface area contributed by atoms with Gasteiger partial charge in [-0.15, -0.1) is 0 Å². The van der Waals surface area contributed by atoms with Crippen molar-refractivity contribution in [1.29, 1.82) is 0 Å². The van der Waals surface area contributed by atoms with Crippen LogP contribution in [0.15, 0.2) is 47.6 Å². The zero-order chi connectivity index (χ0) is 14.3. The summed E-state index contributed by atoms with van der Waals surface area (Å²) in [5, 5.41) is 0. The number of rotatable bonds is 2. The van der Waals surface area contributed by atoms with Gasteiger partial charge < -0.3 is 0 Å². The Kier molecular flexibility index (Phi) is 2.79. The van der Waals surface area contributed by atoms with Gasteiger partial charge in [-0.1, -0.05) is 17.7 Å². The molecule has 0 aliphatic carbocycles. The predicted octanol–water partition coefficient (Wildman–Crippen LogP) is 2.12. The minimum absolute atomic E-state index is 0.104. The van der Waals surface area contributed by atoms with Crippen LogP contribution < -0.4 is 0 Å². The molecule has 0 amide bonds. The number of halogens is 1. The third-order valence-electron chi connectivity index (χ3n) is 2.90. The first-order valence-electron chi connectivity index (χ1n) is 5.80. The van der Waals surface area contributed by atoms with Crippen LogP contribution in [0.4, 0.5) is 4.39 Å². The van der Waals surface area contributed by atoms with E-state index in [1.54, 1.807) is 12.1 Å². The Hall–Kier alpha value is -2.28. The zero-order valence-corrected chi connectivity index (χ0v) is 11.3. The maximum atomic E-state index is 13.0. The van der Waals surface area contributed by atoms with Gasteiger partial charge in [0.25, 0.3) is 10.0 Å². The number of nitrogens with zero attached hydrogens (tertiary/aromatic N) is 3. The first kappa shape index (κ1) is 12.7. The molecular formula is C13H10FN3O2S. The summed E-state index contributed by atoms with van der Waals surface area (Å²) in [5.74, 6) is -0.747. The second-order valence-electron chi connectivity index (χ2n) is 4.33. The smallest absolute Gasteiger partial charge is 0.231 e. The Balaban J connectivity index is 2.21. The Labute approximate surface area is 114 Å². The van der Waals surface area contributed by atoms with E-state index in [0.29, 0.717) is 0 Å². The fourth-order valence-electron chi connectivity index (χ4n) is 1.88. The van der Waals surface area contributed by atoms with Crippen LogP contribution in [0.25, 0.3) is 11.2 Å². The highest BCUT2D eigenvalue weighted by molar-refractivity contribution is 7.90. The largest absolute Gasteiger partial charge is 0.269 e. The van der Waals surface area contributed by atoms with Gasteiger partial charge >= 0.3 is 0 Å². The molecule has 3 aromatic rings. The third-order valence-corrected chi connectivity index (χ3v) is 4.58. The molecule has 7 heteroatoms. The first-order chi connectivity index (χ1) is 9.48. The van der Waals surface area contributed by atoms with Crippen LogP contribution in [0.3, 0.4) is 0 Å². The first-order valence-corrected chi connectivity index (χ1v) is 7.24. The molecule has 2 aromatic heterocycles. The fraction of sp³-hybridized carbons (Fsp3) is 0.0769. The van der Waals surface area contributed by atoms with Gasteiger partial charge in [0, 0.05) is 6.20 Å². The van der Waals surface area contributed by atoms with Gasteiger partial charge in [-0.05, 0) is 25.1 Å². The van der Waals surface area contributed by atoms with Gasteiger partial charge in [0.1, 0.15) is 5.52 Å². The van der Waals surface area contributed by atoms with Gasteiger partial charge in [-0.25, -0.2) is 22.4 Å². The second kappa shape index (κ2) is 4.38. The van der Waals surface area contributed by atoms with Gasteiger partial charge in [0.2, 0.25) is 5.95 Å². The molecule has 0 atom stereocenters. The Bertz CT molecular complexity index is 886. The minimum Gasteiger partial charge on any atom is -0.231 e. The number of benzene rings is 1. The molecule has 102 valence electrons. The highest BCUT2D eigenvalue weighted by atomic mass is 32.2. The number of aromatic nitrogens is 3. The average molecular weight is 291 g/mol. The molecule has 2 heterocycles. The minimum atomic E-state index is -3.76. The molecule has 0 fully saturated rings. The molecule has 0 bridgehead atoms. The van der Waals surface area contributed by atoms with Crippen LogP contribution >= 0.6 is 0 Å². The van der Waals surface area contributed by atoms with Crippen LogP contribution in [0.2, 0.25) is 0 Å². The highest BCUT2D eigenvalue weighted by Crippen LogP contribution is 2.19. The van der Waals surface area contributed by atoms with Gasteiger partial charge in [-0.2, -0.15) is 4.39 Å². The Morgan fingerprint density at radius 1 is 1.15 bits per heavy atom. The quantitative estimate of drug-likeness (QED) is 0.725. The zero-order valence-electron chi connectivity index (χ0n) is 10.5. The monoisotopic (exact) mass is 291 g/mol. The van der Waals surface area contributed by atoms with E-state index in [0.717, 1.165) is 15.7 Å². The summed E-state index contributed by atoms with van der Waals surface area (Å²) in [7, 11) is -3.76.